The number of hydrogen-bond acceptors (Lipinski definition) is 4. The largest absolute Gasteiger partial charge is 0.494 e. The molecular formula is C21H33FIN3O3. The molecule has 2 aliphatic heterocycles. The number of nitrogens with zero attached hydrogens (tertiary/aromatic N) is 2. The van der Waals surface area contributed by atoms with Crippen LogP contribution in [0.3, 0.4) is 0 Å². The molecule has 0 spiro atoms. The maximum atomic E-state index is 13.8. The molecule has 1 unspecified atom stereocenters. The molecule has 1 atom stereocenters. The van der Waals surface area contributed by atoms with Crippen molar-refractivity contribution >= 4 is 29.9 Å². The van der Waals surface area contributed by atoms with Gasteiger partial charge in [-0.05, 0) is 49.8 Å². The van der Waals surface area contributed by atoms with Gasteiger partial charge in [0.15, 0.2) is 17.5 Å². The fraction of sp³-hybridized carbons (Fsp3) is 0.667. The third-order valence-electron chi connectivity index (χ3n) is 5.41. The number of hydrogen-bond donors (Lipinski definition) is 1. The maximum absolute atomic E-state index is 13.8. The molecule has 0 aromatic heterocycles. The second kappa shape index (κ2) is 12.5. The van der Waals surface area contributed by atoms with Crippen molar-refractivity contribution in [3.63, 3.8) is 0 Å². The van der Waals surface area contributed by atoms with E-state index in [9.17, 15) is 4.39 Å². The monoisotopic (exact) mass is 521 g/mol. The van der Waals surface area contributed by atoms with Crippen LogP contribution in [0.15, 0.2) is 23.2 Å². The van der Waals surface area contributed by atoms with Crippen LogP contribution in [0.1, 0.15) is 37.7 Å². The van der Waals surface area contributed by atoms with Crippen LogP contribution < -0.4 is 10.1 Å². The van der Waals surface area contributed by atoms with Gasteiger partial charge in [-0.3, -0.25) is 4.99 Å². The highest BCUT2D eigenvalue weighted by Gasteiger charge is 2.23. The minimum absolute atomic E-state index is 0. The highest BCUT2D eigenvalue weighted by Crippen LogP contribution is 2.19. The Morgan fingerprint density at radius 1 is 1.28 bits per heavy atom. The van der Waals surface area contributed by atoms with Crippen LogP contribution in [0.5, 0.6) is 5.75 Å². The first-order valence-electron chi connectivity index (χ1n) is 10.2. The van der Waals surface area contributed by atoms with Gasteiger partial charge in [-0.15, -0.1) is 24.0 Å². The van der Waals surface area contributed by atoms with Crippen molar-refractivity contribution in [3.8, 4) is 5.75 Å². The number of ether oxygens (including phenoxy) is 3. The summed E-state index contributed by atoms with van der Waals surface area (Å²) in [6.45, 7) is 3.88. The van der Waals surface area contributed by atoms with Gasteiger partial charge in [0.25, 0.3) is 0 Å². The minimum atomic E-state index is -0.350. The quantitative estimate of drug-likeness (QED) is 0.353. The second-order valence-corrected chi connectivity index (χ2v) is 7.38. The van der Waals surface area contributed by atoms with Gasteiger partial charge in [0, 0.05) is 33.3 Å². The molecule has 2 aliphatic rings. The molecule has 0 amide bonds. The number of benzene rings is 1. The van der Waals surface area contributed by atoms with Gasteiger partial charge in [0.1, 0.15) is 0 Å². The van der Waals surface area contributed by atoms with Crippen molar-refractivity contribution < 1.29 is 18.6 Å². The van der Waals surface area contributed by atoms with Gasteiger partial charge in [-0.1, -0.05) is 6.07 Å². The van der Waals surface area contributed by atoms with E-state index in [-0.39, 0.29) is 47.8 Å². The van der Waals surface area contributed by atoms with Crippen LogP contribution in [0, 0.1) is 5.82 Å². The van der Waals surface area contributed by atoms with E-state index >= 15 is 0 Å². The van der Waals surface area contributed by atoms with Crippen LogP contribution in [0.25, 0.3) is 0 Å². The zero-order chi connectivity index (χ0) is 19.8. The summed E-state index contributed by atoms with van der Waals surface area (Å²) in [6.07, 6.45) is 6.04. The Hall–Kier alpha value is -1.13. The standard InChI is InChI=1S/C21H32FN3O3.HI/c1-23-21(24-14-16-6-7-20(26-2)19(22)13-16)25-10-8-17(9-11-25)28-15-18-5-3-4-12-27-18;/h6-7,13,17-18H,3-5,8-12,14-15H2,1-2H3,(H,23,24);1H. The molecule has 2 heterocycles. The molecule has 1 aromatic rings. The molecule has 2 saturated heterocycles. The molecule has 0 bridgehead atoms. The number of guanidine groups is 1. The molecule has 2 fully saturated rings. The molecule has 6 nitrogen and oxygen atoms in total. The predicted octanol–water partition coefficient (Wildman–Crippen LogP) is 3.58. The van der Waals surface area contributed by atoms with Crippen molar-refractivity contribution in [1.82, 2.24) is 10.2 Å². The normalized spacial score (nSPS) is 20.9. The molecule has 0 saturated carbocycles. The van der Waals surface area contributed by atoms with Crippen LogP contribution >= 0.6 is 24.0 Å². The SMILES string of the molecule is CN=C(NCc1ccc(OC)c(F)c1)N1CCC(OCC2CCCCO2)CC1.I. The van der Waals surface area contributed by atoms with Crippen molar-refractivity contribution in [1.29, 1.82) is 0 Å². The first kappa shape index (κ1) is 24.1. The Bertz CT molecular complexity index is 648. The van der Waals surface area contributed by atoms with Crippen LogP contribution in [-0.2, 0) is 16.0 Å². The van der Waals surface area contributed by atoms with Gasteiger partial charge in [0.05, 0.1) is 25.9 Å². The molecule has 29 heavy (non-hydrogen) atoms. The molecule has 1 N–H and O–H groups in total. The fourth-order valence-corrected chi connectivity index (χ4v) is 3.75. The first-order chi connectivity index (χ1) is 13.7. The van der Waals surface area contributed by atoms with Crippen LogP contribution in [0.2, 0.25) is 0 Å². The Labute approximate surface area is 190 Å². The van der Waals surface area contributed by atoms with E-state index in [1.807, 2.05) is 6.07 Å². The summed E-state index contributed by atoms with van der Waals surface area (Å²) < 4.78 is 30.6. The number of piperidine rings is 1. The summed E-state index contributed by atoms with van der Waals surface area (Å²) in [7, 11) is 3.24. The summed E-state index contributed by atoms with van der Waals surface area (Å²) in [5.74, 6) is 0.746. The zero-order valence-corrected chi connectivity index (χ0v) is 19.7. The Balaban J connectivity index is 0.00000300. The molecule has 1 aromatic carbocycles. The Morgan fingerprint density at radius 3 is 2.69 bits per heavy atom. The van der Waals surface area contributed by atoms with E-state index in [1.165, 1.54) is 26.0 Å². The smallest absolute Gasteiger partial charge is 0.193 e. The zero-order valence-electron chi connectivity index (χ0n) is 17.4. The van der Waals surface area contributed by atoms with E-state index < -0.39 is 0 Å². The Morgan fingerprint density at radius 2 is 2.07 bits per heavy atom. The average Bonchev–Trinajstić information content (AvgIpc) is 2.74. The third kappa shape index (κ3) is 7.25. The summed E-state index contributed by atoms with van der Waals surface area (Å²) in [4.78, 5) is 6.61. The molecule has 3 rings (SSSR count). The van der Waals surface area contributed by atoms with Gasteiger partial charge in [0.2, 0.25) is 0 Å². The lowest BCUT2D eigenvalue weighted by atomic mass is 10.1. The number of likely N-dealkylation sites (tertiary alicyclic amines) is 1. The molecule has 164 valence electrons. The average molecular weight is 521 g/mol. The van der Waals surface area contributed by atoms with E-state index in [0.29, 0.717) is 13.2 Å². The highest BCUT2D eigenvalue weighted by atomic mass is 127. The summed E-state index contributed by atoms with van der Waals surface area (Å²) in [5.41, 5.74) is 0.852. The molecule has 0 radical (unpaired) electrons. The van der Waals surface area contributed by atoms with Crippen LogP contribution in [-0.4, -0.2) is 63.5 Å². The van der Waals surface area contributed by atoms with E-state index in [0.717, 1.165) is 50.5 Å². The van der Waals surface area contributed by atoms with E-state index in [1.54, 1.807) is 13.1 Å². The summed E-state index contributed by atoms with van der Waals surface area (Å²) >= 11 is 0. The molecule has 0 aliphatic carbocycles. The summed E-state index contributed by atoms with van der Waals surface area (Å²) in [5, 5.41) is 3.33. The Kier molecular flexibility index (Phi) is 10.4. The number of methoxy groups -OCH3 is 1. The van der Waals surface area contributed by atoms with Crippen molar-refractivity contribution in [2.45, 2.75) is 50.9 Å². The van der Waals surface area contributed by atoms with Gasteiger partial charge in [-0.25, -0.2) is 4.39 Å². The topological polar surface area (TPSA) is 55.3 Å². The highest BCUT2D eigenvalue weighted by molar-refractivity contribution is 14.0. The number of rotatable bonds is 6. The van der Waals surface area contributed by atoms with Crippen molar-refractivity contribution in [2.75, 3.05) is 40.5 Å². The molecular weight excluding hydrogens is 488 g/mol. The lowest BCUT2D eigenvalue weighted by Gasteiger charge is -2.35. The van der Waals surface area contributed by atoms with Gasteiger partial charge >= 0.3 is 0 Å². The maximum Gasteiger partial charge on any atom is 0.193 e. The predicted molar refractivity (Wildman–Crippen MR) is 123 cm³/mol. The van der Waals surface area contributed by atoms with Crippen molar-refractivity contribution in [3.05, 3.63) is 29.6 Å². The number of nitrogens with one attached hydrogen (secondary N) is 1. The molecule has 8 heteroatoms. The van der Waals surface area contributed by atoms with E-state index in [4.69, 9.17) is 14.2 Å². The van der Waals surface area contributed by atoms with Crippen LogP contribution in [0.4, 0.5) is 4.39 Å². The third-order valence-corrected chi connectivity index (χ3v) is 5.41. The van der Waals surface area contributed by atoms with Crippen molar-refractivity contribution in [2.24, 2.45) is 4.99 Å². The lowest BCUT2D eigenvalue weighted by molar-refractivity contribution is -0.0721. The minimum Gasteiger partial charge on any atom is -0.494 e. The second-order valence-electron chi connectivity index (χ2n) is 7.38. The lowest BCUT2D eigenvalue weighted by Crippen LogP contribution is -2.47. The first-order valence-corrected chi connectivity index (χ1v) is 10.2. The van der Waals surface area contributed by atoms with Gasteiger partial charge < -0.3 is 24.4 Å². The summed E-state index contributed by atoms with van der Waals surface area (Å²) in [6, 6.07) is 5.00. The number of halogens is 2. The van der Waals surface area contributed by atoms with E-state index in [2.05, 4.69) is 15.2 Å². The van der Waals surface area contributed by atoms with Gasteiger partial charge in [-0.2, -0.15) is 0 Å². The number of aliphatic imine (C=N–C) groups is 1. The fourth-order valence-electron chi connectivity index (χ4n) is 3.75.